The summed E-state index contributed by atoms with van der Waals surface area (Å²) in [7, 11) is 0. The molecule has 0 atom stereocenters. The average Bonchev–Trinajstić information content (AvgIpc) is 3.26. The van der Waals surface area contributed by atoms with Crippen LogP contribution in [0, 0.1) is 5.82 Å². The fraction of sp³-hybridized carbons (Fsp3) is 0.174. The van der Waals surface area contributed by atoms with Gasteiger partial charge in [-0.3, -0.25) is 0 Å². The number of halogens is 2. The fourth-order valence-corrected chi connectivity index (χ4v) is 3.04. The van der Waals surface area contributed by atoms with Crippen LogP contribution < -0.4 is 27.2 Å². The molecule has 0 radical (unpaired) electrons. The number of aromatic nitrogens is 4. The molecule has 4 rings (SSSR count). The van der Waals surface area contributed by atoms with Gasteiger partial charge in [0, 0.05) is 13.1 Å². The predicted octanol–water partition coefficient (Wildman–Crippen LogP) is 1.29. The Morgan fingerprint density at radius 2 is 1.62 bits per heavy atom. The van der Waals surface area contributed by atoms with Gasteiger partial charge in [0.15, 0.2) is 11.5 Å². The third kappa shape index (κ3) is 5.81. The Labute approximate surface area is 191 Å². The minimum absolute atomic E-state index is 0. The van der Waals surface area contributed by atoms with Crippen LogP contribution in [0.25, 0.3) is 5.69 Å². The summed E-state index contributed by atoms with van der Waals surface area (Å²) in [4.78, 5) is 0. The fourth-order valence-electron chi connectivity index (χ4n) is 3.04. The number of para-hydroxylation sites is 1. The molecule has 7 nitrogen and oxygen atoms in total. The number of benzene rings is 3. The van der Waals surface area contributed by atoms with Crippen LogP contribution in [-0.4, -0.2) is 26.8 Å². The van der Waals surface area contributed by atoms with Crippen LogP contribution in [-0.2, 0) is 13.1 Å². The highest BCUT2D eigenvalue weighted by Crippen LogP contribution is 2.32. The molecule has 4 aromatic rings. The van der Waals surface area contributed by atoms with Crippen molar-refractivity contribution in [3.05, 3.63) is 89.7 Å². The van der Waals surface area contributed by atoms with Gasteiger partial charge in [0.05, 0.1) is 12.3 Å². The van der Waals surface area contributed by atoms with E-state index in [2.05, 4.69) is 20.8 Å². The summed E-state index contributed by atoms with van der Waals surface area (Å²) >= 11 is 0. The van der Waals surface area contributed by atoms with Crippen molar-refractivity contribution < 1.29 is 26.3 Å². The van der Waals surface area contributed by atoms with Crippen molar-refractivity contribution in [2.75, 3.05) is 6.61 Å². The quantitative estimate of drug-likeness (QED) is 0.411. The average molecular weight is 455 g/mol. The topological polar surface area (TPSA) is 74.1 Å². The molecular formula is C23H22ClFN5O2-. The molecule has 0 fully saturated rings. The third-order valence-corrected chi connectivity index (χ3v) is 4.52. The molecule has 1 aromatic heterocycles. The zero-order chi connectivity index (χ0) is 21.5. The second kappa shape index (κ2) is 11.2. The lowest BCUT2D eigenvalue weighted by molar-refractivity contribution is -0.00000804. The van der Waals surface area contributed by atoms with Crippen LogP contribution in [0.2, 0.25) is 0 Å². The van der Waals surface area contributed by atoms with Crippen molar-refractivity contribution in [1.82, 2.24) is 25.5 Å². The molecule has 3 aromatic carbocycles. The highest BCUT2D eigenvalue weighted by atomic mass is 35.5. The maximum atomic E-state index is 13.0. The summed E-state index contributed by atoms with van der Waals surface area (Å²) < 4.78 is 26.3. The highest BCUT2D eigenvalue weighted by molar-refractivity contribution is 5.45. The van der Waals surface area contributed by atoms with Crippen LogP contribution in [0.15, 0.2) is 72.8 Å². The van der Waals surface area contributed by atoms with Gasteiger partial charge < -0.3 is 27.2 Å². The van der Waals surface area contributed by atoms with Crippen LogP contribution in [0.1, 0.15) is 18.1 Å². The highest BCUT2D eigenvalue weighted by Gasteiger charge is 2.14. The minimum Gasteiger partial charge on any atom is -1.00 e. The first-order valence-electron chi connectivity index (χ1n) is 9.95. The van der Waals surface area contributed by atoms with Crippen molar-refractivity contribution >= 4 is 0 Å². The van der Waals surface area contributed by atoms with E-state index < -0.39 is 0 Å². The van der Waals surface area contributed by atoms with Gasteiger partial charge >= 0.3 is 6.01 Å². The van der Waals surface area contributed by atoms with E-state index in [4.69, 9.17) is 9.47 Å². The first kappa shape index (κ1) is 23.2. The Morgan fingerprint density at radius 1 is 0.906 bits per heavy atom. The molecule has 0 aliphatic heterocycles. The van der Waals surface area contributed by atoms with E-state index in [-0.39, 0.29) is 24.2 Å². The van der Waals surface area contributed by atoms with E-state index in [0.29, 0.717) is 31.2 Å². The van der Waals surface area contributed by atoms with Gasteiger partial charge in [-0.1, -0.05) is 41.5 Å². The van der Waals surface area contributed by atoms with E-state index in [9.17, 15) is 4.39 Å². The largest absolute Gasteiger partial charge is 1.00 e. The second-order valence-electron chi connectivity index (χ2n) is 6.75. The summed E-state index contributed by atoms with van der Waals surface area (Å²) in [6, 6.07) is 21.9. The van der Waals surface area contributed by atoms with Gasteiger partial charge in [-0.05, 0) is 64.9 Å². The van der Waals surface area contributed by atoms with Gasteiger partial charge in [-0.2, -0.15) is 4.68 Å². The summed E-state index contributed by atoms with van der Waals surface area (Å²) in [5, 5.41) is 15.1. The molecule has 0 saturated carbocycles. The van der Waals surface area contributed by atoms with Crippen LogP contribution >= 0.6 is 0 Å². The number of ether oxygens (including phenoxy) is 2. The van der Waals surface area contributed by atoms with Crippen molar-refractivity contribution in [1.29, 1.82) is 0 Å². The maximum Gasteiger partial charge on any atom is 0.346 e. The Morgan fingerprint density at radius 3 is 2.38 bits per heavy atom. The Kier molecular flexibility index (Phi) is 8.13. The summed E-state index contributed by atoms with van der Waals surface area (Å²) in [6.07, 6.45) is 0. The molecule has 1 N–H and O–H groups in total. The van der Waals surface area contributed by atoms with Crippen LogP contribution in [0.4, 0.5) is 4.39 Å². The normalized spacial score (nSPS) is 10.4. The van der Waals surface area contributed by atoms with Gasteiger partial charge in [0.1, 0.15) is 5.82 Å². The lowest BCUT2D eigenvalue weighted by atomic mass is 10.2. The molecule has 166 valence electrons. The zero-order valence-corrected chi connectivity index (χ0v) is 18.2. The standard InChI is InChI=1S/C23H22FN5O2.ClH/c1-2-30-22-14-18(16-25-15-17-8-11-19(24)12-9-17)10-13-21(22)31-23-26-27-28-29(23)20-6-4-3-5-7-20;/h3-14,25H,2,15-16H2,1H3;1H/p-1. The van der Waals surface area contributed by atoms with E-state index in [1.165, 1.54) is 16.8 Å². The SMILES string of the molecule is CCOc1cc(CNCc2ccc(F)cc2)ccc1Oc1nnnn1-c1ccccc1.[Cl-]. The zero-order valence-electron chi connectivity index (χ0n) is 17.4. The van der Waals surface area contributed by atoms with Crippen LogP contribution in [0.5, 0.6) is 17.5 Å². The third-order valence-electron chi connectivity index (χ3n) is 4.52. The molecule has 0 saturated heterocycles. The van der Waals surface area contributed by atoms with Gasteiger partial charge in [-0.25, -0.2) is 4.39 Å². The number of rotatable bonds is 9. The summed E-state index contributed by atoms with van der Waals surface area (Å²) in [5.74, 6) is 0.890. The molecule has 0 spiro atoms. The van der Waals surface area contributed by atoms with Crippen molar-refractivity contribution in [2.45, 2.75) is 20.0 Å². The molecule has 0 amide bonds. The van der Waals surface area contributed by atoms with Crippen molar-refractivity contribution in [3.8, 4) is 23.2 Å². The first-order valence-corrected chi connectivity index (χ1v) is 9.95. The number of tetrazole rings is 1. The van der Waals surface area contributed by atoms with E-state index in [1.54, 1.807) is 12.1 Å². The number of hydrogen-bond acceptors (Lipinski definition) is 6. The van der Waals surface area contributed by atoms with Gasteiger partial charge in [-0.15, -0.1) is 0 Å². The molecular weight excluding hydrogens is 433 g/mol. The first-order chi connectivity index (χ1) is 15.2. The van der Waals surface area contributed by atoms with Gasteiger partial charge in [0.2, 0.25) is 0 Å². The number of nitrogens with zero attached hydrogens (tertiary/aromatic N) is 4. The molecule has 1 heterocycles. The Hall–Kier alpha value is -3.49. The molecule has 0 aliphatic rings. The summed E-state index contributed by atoms with van der Waals surface area (Å²) in [5.41, 5.74) is 2.83. The van der Waals surface area contributed by atoms with Crippen molar-refractivity contribution in [3.63, 3.8) is 0 Å². The molecule has 0 unspecified atom stereocenters. The maximum absolute atomic E-state index is 13.0. The molecule has 0 bridgehead atoms. The summed E-state index contributed by atoms with van der Waals surface area (Å²) in [6.45, 7) is 3.66. The van der Waals surface area contributed by atoms with E-state index in [0.717, 1.165) is 16.8 Å². The minimum atomic E-state index is -0.237. The molecule has 9 heteroatoms. The second-order valence-corrected chi connectivity index (χ2v) is 6.75. The van der Waals surface area contributed by atoms with E-state index in [1.807, 2.05) is 55.5 Å². The van der Waals surface area contributed by atoms with Gasteiger partial charge in [0.25, 0.3) is 0 Å². The lowest BCUT2D eigenvalue weighted by Gasteiger charge is -2.13. The van der Waals surface area contributed by atoms with Crippen LogP contribution in [0.3, 0.4) is 0 Å². The smallest absolute Gasteiger partial charge is 0.346 e. The monoisotopic (exact) mass is 454 g/mol. The van der Waals surface area contributed by atoms with E-state index >= 15 is 0 Å². The predicted molar refractivity (Wildman–Crippen MR) is 114 cm³/mol. The molecule has 32 heavy (non-hydrogen) atoms. The Balaban J connectivity index is 0.00000289. The molecule has 0 aliphatic carbocycles. The lowest BCUT2D eigenvalue weighted by Crippen LogP contribution is -3.00. The number of hydrogen-bond donors (Lipinski definition) is 1. The number of nitrogens with one attached hydrogen (secondary N) is 1. The van der Waals surface area contributed by atoms with Crippen molar-refractivity contribution in [2.24, 2.45) is 0 Å². The Bertz CT molecular complexity index is 1120.